The summed E-state index contributed by atoms with van der Waals surface area (Å²) in [6.45, 7) is 6.88. The first-order valence-electron chi connectivity index (χ1n) is 8.00. The van der Waals surface area contributed by atoms with Gasteiger partial charge in [0.2, 0.25) is 0 Å². The molecule has 0 bridgehead atoms. The number of nitrogens with zero attached hydrogens (tertiary/aromatic N) is 1. The van der Waals surface area contributed by atoms with E-state index >= 15 is 0 Å². The maximum absolute atomic E-state index is 5.70. The van der Waals surface area contributed by atoms with Crippen LogP contribution in [-0.2, 0) is 4.74 Å². The fourth-order valence-electron chi connectivity index (χ4n) is 1.98. The number of ether oxygens (including phenoxy) is 3. The van der Waals surface area contributed by atoms with Gasteiger partial charge < -0.3 is 24.8 Å². The first-order chi connectivity index (χ1) is 11.2. The molecule has 0 fully saturated rings. The first-order valence-corrected chi connectivity index (χ1v) is 8.00. The Balaban J connectivity index is 2.33. The van der Waals surface area contributed by atoms with E-state index in [-0.39, 0.29) is 6.04 Å². The van der Waals surface area contributed by atoms with Crippen LogP contribution in [0.5, 0.6) is 11.5 Å². The SMILES string of the molecule is CCNC(=NCCCOc1cccc(OC)c1)NC(C)COC. The van der Waals surface area contributed by atoms with Crippen molar-refractivity contribution in [3.8, 4) is 11.5 Å². The quantitative estimate of drug-likeness (QED) is 0.392. The fourth-order valence-corrected chi connectivity index (χ4v) is 1.98. The van der Waals surface area contributed by atoms with Gasteiger partial charge in [-0.3, -0.25) is 4.99 Å². The normalized spacial score (nSPS) is 12.6. The minimum absolute atomic E-state index is 0.214. The van der Waals surface area contributed by atoms with Crippen LogP contribution in [0, 0.1) is 0 Å². The molecule has 0 aromatic heterocycles. The summed E-state index contributed by atoms with van der Waals surface area (Å²) in [7, 11) is 3.34. The van der Waals surface area contributed by atoms with E-state index in [1.807, 2.05) is 31.2 Å². The van der Waals surface area contributed by atoms with Crippen molar-refractivity contribution in [3.63, 3.8) is 0 Å². The van der Waals surface area contributed by atoms with Gasteiger partial charge in [-0.2, -0.15) is 0 Å². The van der Waals surface area contributed by atoms with Crippen LogP contribution in [-0.4, -0.2) is 52.5 Å². The average molecular weight is 323 g/mol. The van der Waals surface area contributed by atoms with E-state index in [1.54, 1.807) is 14.2 Å². The molecule has 2 N–H and O–H groups in total. The van der Waals surface area contributed by atoms with E-state index in [1.165, 1.54) is 0 Å². The molecule has 0 aliphatic carbocycles. The van der Waals surface area contributed by atoms with Crippen LogP contribution >= 0.6 is 0 Å². The molecule has 23 heavy (non-hydrogen) atoms. The van der Waals surface area contributed by atoms with E-state index in [9.17, 15) is 0 Å². The molecule has 0 amide bonds. The zero-order chi connectivity index (χ0) is 16.9. The maximum atomic E-state index is 5.70. The number of methoxy groups -OCH3 is 2. The first kappa shape index (κ1) is 19.1. The summed E-state index contributed by atoms with van der Waals surface area (Å²) >= 11 is 0. The Morgan fingerprint density at radius 3 is 2.74 bits per heavy atom. The van der Waals surface area contributed by atoms with Crippen LogP contribution < -0.4 is 20.1 Å². The Hall–Kier alpha value is -1.95. The summed E-state index contributed by atoms with van der Waals surface area (Å²) in [6.07, 6.45) is 0.840. The minimum atomic E-state index is 0.214. The van der Waals surface area contributed by atoms with Gasteiger partial charge in [0, 0.05) is 38.7 Å². The number of hydrogen-bond acceptors (Lipinski definition) is 4. The molecule has 0 saturated carbocycles. The highest BCUT2D eigenvalue weighted by atomic mass is 16.5. The highest BCUT2D eigenvalue weighted by molar-refractivity contribution is 5.80. The lowest BCUT2D eigenvalue weighted by Crippen LogP contribution is -2.44. The molecule has 6 nitrogen and oxygen atoms in total. The van der Waals surface area contributed by atoms with Crippen molar-refractivity contribution < 1.29 is 14.2 Å². The Labute approximate surface area is 139 Å². The predicted octanol–water partition coefficient (Wildman–Crippen LogP) is 2.05. The van der Waals surface area contributed by atoms with E-state index in [2.05, 4.69) is 22.5 Å². The van der Waals surface area contributed by atoms with Gasteiger partial charge in [-0.25, -0.2) is 0 Å². The number of hydrogen-bond donors (Lipinski definition) is 2. The molecular formula is C17H29N3O3. The summed E-state index contributed by atoms with van der Waals surface area (Å²) in [5.74, 6) is 2.41. The van der Waals surface area contributed by atoms with Gasteiger partial charge in [0.15, 0.2) is 5.96 Å². The van der Waals surface area contributed by atoms with Gasteiger partial charge in [-0.05, 0) is 26.0 Å². The number of benzene rings is 1. The van der Waals surface area contributed by atoms with Crippen LogP contribution in [0.15, 0.2) is 29.3 Å². The van der Waals surface area contributed by atoms with Crippen molar-refractivity contribution >= 4 is 5.96 Å². The lowest BCUT2D eigenvalue weighted by Gasteiger charge is -2.17. The Kier molecular flexibility index (Phi) is 9.63. The molecule has 0 spiro atoms. The van der Waals surface area contributed by atoms with Crippen molar-refractivity contribution in [2.75, 3.05) is 40.5 Å². The molecule has 1 rings (SSSR count). The van der Waals surface area contributed by atoms with Gasteiger partial charge in [-0.15, -0.1) is 0 Å². The summed E-state index contributed by atoms with van der Waals surface area (Å²) < 4.78 is 16.0. The molecule has 0 aliphatic rings. The second-order valence-corrected chi connectivity index (χ2v) is 5.14. The largest absolute Gasteiger partial charge is 0.497 e. The third-order valence-corrected chi connectivity index (χ3v) is 3.03. The lowest BCUT2D eigenvalue weighted by atomic mass is 10.3. The molecule has 130 valence electrons. The number of guanidine groups is 1. The van der Waals surface area contributed by atoms with Crippen molar-refractivity contribution in [1.82, 2.24) is 10.6 Å². The van der Waals surface area contributed by atoms with E-state index in [0.29, 0.717) is 19.8 Å². The molecule has 1 aromatic rings. The summed E-state index contributed by atoms with van der Waals surface area (Å²) in [6, 6.07) is 7.82. The van der Waals surface area contributed by atoms with Crippen molar-refractivity contribution in [3.05, 3.63) is 24.3 Å². The maximum Gasteiger partial charge on any atom is 0.191 e. The standard InChI is InChI=1S/C17H29N3O3/c1-5-18-17(20-14(2)13-21-3)19-10-7-11-23-16-9-6-8-15(12-16)22-4/h6,8-9,12,14H,5,7,10-11,13H2,1-4H3,(H2,18,19,20). The smallest absolute Gasteiger partial charge is 0.191 e. The monoisotopic (exact) mass is 323 g/mol. The highest BCUT2D eigenvalue weighted by Gasteiger charge is 2.04. The zero-order valence-electron chi connectivity index (χ0n) is 14.6. The second kappa shape index (κ2) is 11.6. The number of rotatable bonds is 10. The van der Waals surface area contributed by atoms with Gasteiger partial charge in [-0.1, -0.05) is 6.07 Å². The van der Waals surface area contributed by atoms with Gasteiger partial charge >= 0.3 is 0 Å². The molecule has 0 aliphatic heterocycles. The van der Waals surface area contributed by atoms with Crippen LogP contribution in [0.2, 0.25) is 0 Å². The zero-order valence-corrected chi connectivity index (χ0v) is 14.6. The van der Waals surface area contributed by atoms with Crippen molar-refractivity contribution in [2.24, 2.45) is 4.99 Å². The number of nitrogens with one attached hydrogen (secondary N) is 2. The summed E-state index contributed by atoms with van der Waals surface area (Å²) in [4.78, 5) is 4.53. The van der Waals surface area contributed by atoms with Crippen LogP contribution in [0.4, 0.5) is 0 Å². The van der Waals surface area contributed by atoms with E-state index in [0.717, 1.165) is 30.4 Å². The van der Waals surface area contributed by atoms with Gasteiger partial charge in [0.05, 0.1) is 20.3 Å². The molecule has 0 radical (unpaired) electrons. The van der Waals surface area contributed by atoms with Crippen LogP contribution in [0.1, 0.15) is 20.3 Å². The second-order valence-electron chi connectivity index (χ2n) is 5.14. The van der Waals surface area contributed by atoms with E-state index in [4.69, 9.17) is 14.2 Å². The van der Waals surface area contributed by atoms with Crippen molar-refractivity contribution in [2.45, 2.75) is 26.3 Å². The van der Waals surface area contributed by atoms with E-state index < -0.39 is 0 Å². The third kappa shape index (κ3) is 8.30. The molecule has 1 atom stereocenters. The van der Waals surface area contributed by atoms with Crippen LogP contribution in [0.3, 0.4) is 0 Å². The lowest BCUT2D eigenvalue weighted by molar-refractivity contribution is 0.179. The molecule has 0 heterocycles. The molecule has 1 unspecified atom stereocenters. The summed E-state index contributed by atoms with van der Waals surface area (Å²) in [5.41, 5.74) is 0. The topological polar surface area (TPSA) is 64.1 Å². The van der Waals surface area contributed by atoms with Gasteiger partial charge in [0.1, 0.15) is 11.5 Å². The predicted molar refractivity (Wildman–Crippen MR) is 93.6 cm³/mol. The average Bonchev–Trinajstić information content (AvgIpc) is 2.55. The van der Waals surface area contributed by atoms with Gasteiger partial charge in [0.25, 0.3) is 0 Å². The minimum Gasteiger partial charge on any atom is -0.497 e. The summed E-state index contributed by atoms with van der Waals surface area (Å²) in [5, 5.41) is 6.52. The third-order valence-electron chi connectivity index (χ3n) is 3.03. The molecule has 1 aromatic carbocycles. The number of aliphatic imine (C=N–C) groups is 1. The van der Waals surface area contributed by atoms with Crippen LogP contribution in [0.25, 0.3) is 0 Å². The Bertz CT molecular complexity index is 466. The Morgan fingerprint density at radius 1 is 1.26 bits per heavy atom. The highest BCUT2D eigenvalue weighted by Crippen LogP contribution is 2.18. The fraction of sp³-hybridized carbons (Fsp3) is 0.588. The van der Waals surface area contributed by atoms with Crippen molar-refractivity contribution in [1.29, 1.82) is 0 Å². The molecular weight excluding hydrogens is 294 g/mol. The molecule has 6 heteroatoms. The Morgan fingerprint density at radius 2 is 2.04 bits per heavy atom. The molecule has 0 saturated heterocycles.